The molecule has 0 aliphatic carbocycles. The van der Waals surface area contributed by atoms with Crippen LogP contribution in [0.2, 0.25) is 10.0 Å². The van der Waals surface area contributed by atoms with E-state index in [1.54, 1.807) is 30.0 Å². The van der Waals surface area contributed by atoms with E-state index in [-0.39, 0.29) is 18.0 Å². The lowest BCUT2D eigenvalue weighted by Gasteiger charge is -2.36. The summed E-state index contributed by atoms with van der Waals surface area (Å²) in [5.41, 5.74) is 0.564. The van der Waals surface area contributed by atoms with E-state index in [2.05, 4.69) is 5.32 Å². The number of carbonyl (C=O) groups is 2. The molecule has 6 nitrogen and oxygen atoms in total. The van der Waals surface area contributed by atoms with Gasteiger partial charge in [0, 0.05) is 41.9 Å². The van der Waals surface area contributed by atoms with Crippen LogP contribution in [0, 0.1) is 0 Å². The van der Waals surface area contributed by atoms with Crippen LogP contribution >= 0.6 is 23.2 Å². The number of nitrogens with zero attached hydrogens (tertiary/aromatic N) is 2. The van der Waals surface area contributed by atoms with E-state index in [0.717, 1.165) is 0 Å². The van der Waals surface area contributed by atoms with E-state index in [0.29, 0.717) is 48.5 Å². The second-order valence-electron chi connectivity index (χ2n) is 5.55. The van der Waals surface area contributed by atoms with Crippen LogP contribution in [0.3, 0.4) is 0 Å². The number of amides is 2. The van der Waals surface area contributed by atoms with Gasteiger partial charge in [0.25, 0.3) is 0 Å². The number of piperazine rings is 1. The molecular weight excluding hydrogens is 353 g/mol. The maximum atomic E-state index is 12.4. The molecule has 132 valence electrons. The number of benzene rings is 1. The van der Waals surface area contributed by atoms with Gasteiger partial charge in [0.1, 0.15) is 0 Å². The first-order chi connectivity index (χ1) is 11.4. The lowest BCUT2D eigenvalue weighted by molar-refractivity contribution is -0.121. The number of nitrogens with one attached hydrogen (secondary N) is 1. The highest BCUT2D eigenvalue weighted by molar-refractivity contribution is 6.35. The average molecular weight is 374 g/mol. The van der Waals surface area contributed by atoms with Crippen LogP contribution in [0.1, 0.15) is 13.8 Å². The van der Waals surface area contributed by atoms with Crippen molar-refractivity contribution in [3.63, 3.8) is 0 Å². The lowest BCUT2D eigenvalue weighted by atomic mass is 10.2. The van der Waals surface area contributed by atoms with Gasteiger partial charge in [-0.05, 0) is 32.0 Å². The Morgan fingerprint density at radius 3 is 2.29 bits per heavy atom. The van der Waals surface area contributed by atoms with Crippen LogP contribution in [0.5, 0.6) is 0 Å². The summed E-state index contributed by atoms with van der Waals surface area (Å²) in [6.07, 6.45) is -0.303. The minimum atomic E-state index is -0.327. The molecule has 24 heavy (non-hydrogen) atoms. The third-order valence-corrected chi connectivity index (χ3v) is 4.33. The Balaban J connectivity index is 1.89. The van der Waals surface area contributed by atoms with Crippen LogP contribution in [0.25, 0.3) is 0 Å². The molecule has 0 saturated carbocycles. The van der Waals surface area contributed by atoms with E-state index in [4.69, 9.17) is 27.9 Å². The molecule has 2 rings (SSSR count). The average Bonchev–Trinajstić information content (AvgIpc) is 2.53. The largest absolute Gasteiger partial charge is 0.450 e. The molecule has 1 saturated heterocycles. The summed E-state index contributed by atoms with van der Waals surface area (Å²) in [5.74, 6) is -0.141. The number of halogens is 2. The highest BCUT2D eigenvalue weighted by atomic mass is 35.5. The first-order valence-electron chi connectivity index (χ1n) is 7.83. The van der Waals surface area contributed by atoms with Crippen LogP contribution in [-0.4, -0.2) is 60.6 Å². The van der Waals surface area contributed by atoms with Crippen molar-refractivity contribution in [1.29, 1.82) is 0 Å². The number of ether oxygens (including phenoxy) is 1. The van der Waals surface area contributed by atoms with Crippen molar-refractivity contribution in [2.45, 2.75) is 19.9 Å². The topological polar surface area (TPSA) is 61.9 Å². The zero-order chi connectivity index (χ0) is 17.7. The first kappa shape index (κ1) is 18.8. The summed E-state index contributed by atoms with van der Waals surface area (Å²) in [7, 11) is 0. The Bertz CT molecular complexity index is 584. The molecule has 2 amide bonds. The lowest BCUT2D eigenvalue weighted by Crippen LogP contribution is -2.54. The van der Waals surface area contributed by atoms with E-state index in [9.17, 15) is 9.59 Å². The van der Waals surface area contributed by atoms with Crippen molar-refractivity contribution in [3.8, 4) is 0 Å². The third-order valence-electron chi connectivity index (χ3n) is 3.90. The fourth-order valence-electron chi connectivity index (χ4n) is 2.55. The number of carbonyl (C=O) groups excluding carboxylic acids is 2. The van der Waals surface area contributed by atoms with Crippen molar-refractivity contribution in [2.75, 3.05) is 38.1 Å². The van der Waals surface area contributed by atoms with Gasteiger partial charge < -0.3 is 15.0 Å². The standard InChI is InChI=1S/C16H21Cl2N3O3/c1-3-24-16(23)21-6-4-20(5-7-21)11(2)15(22)19-14-9-12(17)8-13(18)10-14/h8-11H,3-7H2,1-2H3,(H,19,22)/t11-/m0/s1. The van der Waals surface area contributed by atoms with Crippen LogP contribution in [0.15, 0.2) is 18.2 Å². The van der Waals surface area contributed by atoms with Gasteiger partial charge in [-0.1, -0.05) is 23.2 Å². The second kappa shape index (κ2) is 8.55. The molecule has 0 spiro atoms. The number of anilines is 1. The van der Waals surface area contributed by atoms with Crippen molar-refractivity contribution in [3.05, 3.63) is 28.2 Å². The normalized spacial score (nSPS) is 16.6. The molecule has 8 heteroatoms. The predicted molar refractivity (Wildman–Crippen MR) is 94.7 cm³/mol. The molecule has 1 heterocycles. The molecule has 1 aromatic carbocycles. The Morgan fingerprint density at radius 1 is 1.17 bits per heavy atom. The first-order valence-corrected chi connectivity index (χ1v) is 8.59. The molecule has 1 aliphatic rings. The number of rotatable bonds is 4. The summed E-state index contributed by atoms with van der Waals surface area (Å²) >= 11 is 11.9. The Morgan fingerprint density at radius 2 is 1.75 bits per heavy atom. The molecular formula is C16H21Cl2N3O3. The smallest absolute Gasteiger partial charge is 0.409 e. The summed E-state index contributed by atoms with van der Waals surface area (Å²) < 4.78 is 4.99. The van der Waals surface area contributed by atoms with E-state index in [1.807, 2.05) is 11.8 Å². The quantitative estimate of drug-likeness (QED) is 0.880. The molecule has 1 aromatic rings. The number of hydrogen-bond acceptors (Lipinski definition) is 4. The molecule has 0 unspecified atom stereocenters. The Hall–Kier alpha value is -1.50. The SMILES string of the molecule is CCOC(=O)N1CCN([C@@H](C)C(=O)Nc2cc(Cl)cc(Cl)c2)CC1. The molecule has 1 N–H and O–H groups in total. The van der Waals surface area contributed by atoms with Crippen molar-refractivity contribution >= 4 is 40.9 Å². The molecule has 1 aliphatic heterocycles. The summed E-state index contributed by atoms with van der Waals surface area (Å²) in [5, 5.41) is 3.75. The van der Waals surface area contributed by atoms with Crippen LogP contribution in [0.4, 0.5) is 10.5 Å². The fraction of sp³-hybridized carbons (Fsp3) is 0.500. The minimum absolute atomic E-state index is 0.141. The van der Waals surface area contributed by atoms with Crippen LogP contribution < -0.4 is 5.32 Å². The van der Waals surface area contributed by atoms with Crippen LogP contribution in [-0.2, 0) is 9.53 Å². The van der Waals surface area contributed by atoms with Gasteiger partial charge in [0.05, 0.1) is 12.6 Å². The molecule has 0 aromatic heterocycles. The molecule has 0 bridgehead atoms. The van der Waals surface area contributed by atoms with Gasteiger partial charge in [-0.15, -0.1) is 0 Å². The Kier molecular flexibility index (Phi) is 6.71. The second-order valence-corrected chi connectivity index (χ2v) is 6.42. The van der Waals surface area contributed by atoms with Gasteiger partial charge in [-0.2, -0.15) is 0 Å². The van der Waals surface area contributed by atoms with E-state index in [1.165, 1.54) is 0 Å². The summed E-state index contributed by atoms with van der Waals surface area (Å²) in [6, 6.07) is 4.58. The van der Waals surface area contributed by atoms with E-state index < -0.39 is 0 Å². The summed E-state index contributed by atoms with van der Waals surface area (Å²) in [6.45, 7) is 6.29. The fourth-order valence-corrected chi connectivity index (χ4v) is 3.07. The highest BCUT2D eigenvalue weighted by Crippen LogP contribution is 2.22. The van der Waals surface area contributed by atoms with Gasteiger partial charge >= 0.3 is 6.09 Å². The number of hydrogen-bond donors (Lipinski definition) is 1. The van der Waals surface area contributed by atoms with Crippen molar-refractivity contribution in [2.24, 2.45) is 0 Å². The van der Waals surface area contributed by atoms with Gasteiger partial charge in [0.2, 0.25) is 5.91 Å². The molecule has 0 radical (unpaired) electrons. The van der Waals surface area contributed by atoms with Gasteiger partial charge in [0.15, 0.2) is 0 Å². The minimum Gasteiger partial charge on any atom is -0.450 e. The third kappa shape index (κ3) is 5.00. The Labute approximate surface area is 151 Å². The molecule has 1 fully saturated rings. The monoisotopic (exact) mass is 373 g/mol. The van der Waals surface area contributed by atoms with E-state index >= 15 is 0 Å². The van der Waals surface area contributed by atoms with Crippen molar-refractivity contribution < 1.29 is 14.3 Å². The van der Waals surface area contributed by atoms with Gasteiger partial charge in [-0.25, -0.2) is 4.79 Å². The van der Waals surface area contributed by atoms with Gasteiger partial charge in [-0.3, -0.25) is 9.69 Å². The zero-order valence-electron chi connectivity index (χ0n) is 13.7. The predicted octanol–water partition coefficient (Wildman–Crippen LogP) is 3.09. The summed E-state index contributed by atoms with van der Waals surface area (Å²) in [4.78, 5) is 27.8. The molecule has 1 atom stereocenters. The maximum absolute atomic E-state index is 12.4. The van der Waals surface area contributed by atoms with Crippen molar-refractivity contribution in [1.82, 2.24) is 9.80 Å². The highest BCUT2D eigenvalue weighted by Gasteiger charge is 2.28. The zero-order valence-corrected chi connectivity index (χ0v) is 15.2. The maximum Gasteiger partial charge on any atom is 0.409 e.